The first-order valence-corrected chi connectivity index (χ1v) is 7.07. The number of rotatable bonds is 3. The minimum atomic E-state index is 0.0222. The van der Waals surface area contributed by atoms with E-state index in [4.69, 9.17) is 0 Å². The van der Waals surface area contributed by atoms with Gasteiger partial charge in [0.25, 0.3) is 0 Å². The number of nitrogens with zero attached hydrogens (tertiary/aromatic N) is 2. The number of aryl methyl sites for hydroxylation is 2. The minimum absolute atomic E-state index is 0.0222. The van der Waals surface area contributed by atoms with E-state index in [1.54, 1.807) is 9.13 Å². The van der Waals surface area contributed by atoms with Crippen molar-refractivity contribution < 1.29 is 0 Å². The van der Waals surface area contributed by atoms with Gasteiger partial charge in [0, 0.05) is 20.1 Å². The lowest BCUT2D eigenvalue weighted by Crippen LogP contribution is -2.22. The Labute approximate surface area is 120 Å². The molecule has 0 radical (unpaired) electrons. The topological polar surface area (TPSA) is 39.0 Å². The summed E-state index contributed by atoms with van der Waals surface area (Å²) in [6.45, 7) is 6.73. The summed E-state index contributed by atoms with van der Waals surface area (Å²) >= 11 is 0. The highest BCUT2D eigenvalue weighted by Crippen LogP contribution is 2.30. The molecule has 20 heavy (non-hydrogen) atoms. The van der Waals surface area contributed by atoms with Crippen molar-refractivity contribution in [3.63, 3.8) is 0 Å². The smallest absolute Gasteiger partial charge is 0.313 e. The first-order valence-electron chi connectivity index (χ1n) is 7.07. The molecule has 1 heterocycles. The van der Waals surface area contributed by atoms with Gasteiger partial charge in [-0.1, -0.05) is 26.8 Å². The average Bonchev–Trinajstić information content (AvgIpc) is 2.60. The number of fused-ring (bicyclic) bond motifs is 1. The first kappa shape index (κ1) is 14.9. The molecule has 0 amide bonds. The molecule has 0 aliphatic heterocycles. The molecule has 0 spiro atoms. The van der Waals surface area contributed by atoms with Gasteiger partial charge in [0.05, 0.1) is 11.0 Å². The Morgan fingerprint density at radius 2 is 1.75 bits per heavy atom. The van der Waals surface area contributed by atoms with Crippen LogP contribution >= 0.6 is 0 Å². The summed E-state index contributed by atoms with van der Waals surface area (Å²) in [5.41, 5.74) is 3.48. The maximum absolute atomic E-state index is 12.0. The van der Waals surface area contributed by atoms with Crippen molar-refractivity contribution >= 4 is 11.0 Å². The van der Waals surface area contributed by atoms with Gasteiger partial charge in [-0.3, -0.25) is 9.13 Å². The van der Waals surface area contributed by atoms with Crippen molar-refractivity contribution in [1.29, 1.82) is 0 Å². The van der Waals surface area contributed by atoms with Crippen LogP contribution in [0.25, 0.3) is 11.0 Å². The van der Waals surface area contributed by atoms with E-state index in [0.29, 0.717) is 6.04 Å². The van der Waals surface area contributed by atoms with Crippen LogP contribution in [-0.4, -0.2) is 16.2 Å². The predicted octanol–water partition coefficient (Wildman–Crippen LogP) is 2.57. The molecule has 1 N–H and O–H groups in total. The minimum Gasteiger partial charge on any atom is -0.313 e. The van der Waals surface area contributed by atoms with E-state index in [2.05, 4.69) is 38.2 Å². The quantitative estimate of drug-likeness (QED) is 0.935. The van der Waals surface area contributed by atoms with Gasteiger partial charge < -0.3 is 5.32 Å². The molecule has 2 rings (SSSR count). The Morgan fingerprint density at radius 3 is 2.30 bits per heavy atom. The third kappa shape index (κ3) is 2.66. The Bertz CT molecular complexity index is 673. The molecule has 0 saturated heterocycles. The maximum atomic E-state index is 12.0. The monoisotopic (exact) mass is 275 g/mol. The van der Waals surface area contributed by atoms with Crippen molar-refractivity contribution in [2.75, 3.05) is 7.05 Å². The molecular formula is C16H25N3O. The fourth-order valence-electron chi connectivity index (χ4n) is 2.74. The molecular weight excluding hydrogens is 250 g/mol. The lowest BCUT2D eigenvalue weighted by molar-refractivity contribution is 0.321. The third-order valence-corrected chi connectivity index (χ3v) is 3.86. The molecule has 0 aliphatic carbocycles. The number of nitrogens with one attached hydrogen (secondary N) is 1. The number of aromatic nitrogens is 2. The Balaban J connectivity index is 2.50. The number of benzene rings is 1. The van der Waals surface area contributed by atoms with Crippen molar-refractivity contribution in [2.24, 2.45) is 19.5 Å². The van der Waals surface area contributed by atoms with E-state index in [1.165, 1.54) is 5.56 Å². The van der Waals surface area contributed by atoms with Crippen molar-refractivity contribution in [3.05, 3.63) is 34.2 Å². The largest absolute Gasteiger partial charge is 0.328 e. The lowest BCUT2D eigenvalue weighted by atomic mass is 9.85. The van der Waals surface area contributed by atoms with E-state index >= 15 is 0 Å². The van der Waals surface area contributed by atoms with Crippen LogP contribution in [0, 0.1) is 5.41 Å². The van der Waals surface area contributed by atoms with Gasteiger partial charge in [-0.2, -0.15) is 0 Å². The zero-order chi connectivity index (χ0) is 15.1. The standard InChI is InChI=1S/C16H25N3O/c1-16(2,3)10-12(17-4)11-7-8-13-14(9-11)19(6)15(20)18(13)5/h7-9,12,17H,10H2,1-6H3. The van der Waals surface area contributed by atoms with Crippen LogP contribution in [0.4, 0.5) is 0 Å². The predicted molar refractivity (Wildman–Crippen MR) is 84.0 cm³/mol. The molecule has 0 saturated carbocycles. The highest BCUT2D eigenvalue weighted by atomic mass is 16.1. The average molecular weight is 275 g/mol. The zero-order valence-electron chi connectivity index (χ0n) is 13.3. The molecule has 2 aromatic rings. The lowest BCUT2D eigenvalue weighted by Gasteiger charge is -2.26. The Morgan fingerprint density at radius 1 is 1.15 bits per heavy atom. The van der Waals surface area contributed by atoms with Crippen molar-refractivity contribution in [1.82, 2.24) is 14.5 Å². The van der Waals surface area contributed by atoms with Gasteiger partial charge in [-0.15, -0.1) is 0 Å². The molecule has 4 heteroatoms. The van der Waals surface area contributed by atoms with E-state index in [9.17, 15) is 4.79 Å². The van der Waals surface area contributed by atoms with Crippen LogP contribution in [0.2, 0.25) is 0 Å². The molecule has 1 aromatic carbocycles. The molecule has 1 atom stereocenters. The second-order valence-corrected chi connectivity index (χ2v) is 6.75. The second kappa shape index (κ2) is 5.09. The van der Waals surface area contributed by atoms with Crippen LogP contribution in [0.5, 0.6) is 0 Å². The van der Waals surface area contributed by atoms with E-state index in [0.717, 1.165) is 17.5 Å². The molecule has 110 valence electrons. The molecule has 0 bridgehead atoms. The molecule has 0 aliphatic rings. The van der Waals surface area contributed by atoms with Gasteiger partial charge in [-0.25, -0.2) is 4.79 Å². The van der Waals surface area contributed by atoms with Gasteiger partial charge in [-0.05, 0) is 36.6 Å². The SMILES string of the molecule is CNC(CC(C)(C)C)c1ccc2c(c1)n(C)c(=O)n2C. The molecule has 1 aromatic heterocycles. The van der Waals surface area contributed by atoms with Gasteiger partial charge in [0.15, 0.2) is 0 Å². The highest BCUT2D eigenvalue weighted by Gasteiger charge is 2.20. The zero-order valence-corrected chi connectivity index (χ0v) is 13.3. The molecule has 0 fully saturated rings. The summed E-state index contributed by atoms with van der Waals surface area (Å²) in [5.74, 6) is 0. The Hall–Kier alpha value is -1.55. The van der Waals surface area contributed by atoms with Crippen LogP contribution in [0.3, 0.4) is 0 Å². The molecule has 1 unspecified atom stereocenters. The maximum Gasteiger partial charge on any atom is 0.328 e. The molecule has 4 nitrogen and oxygen atoms in total. The van der Waals surface area contributed by atoms with Gasteiger partial charge in [0.1, 0.15) is 0 Å². The van der Waals surface area contributed by atoms with E-state index < -0.39 is 0 Å². The van der Waals surface area contributed by atoms with Gasteiger partial charge in [0.2, 0.25) is 0 Å². The fraction of sp³-hybridized carbons (Fsp3) is 0.562. The Kier molecular flexibility index (Phi) is 3.78. The second-order valence-electron chi connectivity index (χ2n) is 6.75. The fourth-order valence-corrected chi connectivity index (χ4v) is 2.74. The summed E-state index contributed by atoms with van der Waals surface area (Å²) in [4.78, 5) is 12.0. The van der Waals surface area contributed by atoms with Crippen LogP contribution < -0.4 is 11.0 Å². The van der Waals surface area contributed by atoms with Crippen molar-refractivity contribution in [3.8, 4) is 0 Å². The van der Waals surface area contributed by atoms with Crippen LogP contribution in [-0.2, 0) is 14.1 Å². The first-order chi connectivity index (χ1) is 9.24. The van der Waals surface area contributed by atoms with E-state index in [1.807, 2.05) is 27.2 Å². The number of imidazole rings is 1. The van der Waals surface area contributed by atoms with Crippen molar-refractivity contribution in [2.45, 2.75) is 33.2 Å². The summed E-state index contributed by atoms with van der Waals surface area (Å²) in [6, 6.07) is 6.59. The summed E-state index contributed by atoms with van der Waals surface area (Å²) in [7, 11) is 5.63. The van der Waals surface area contributed by atoms with Crippen LogP contribution in [0.15, 0.2) is 23.0 Å². The van der Waals surface area contributed by atoms with E-state index in [-0.39, 0.29) is 11.1 Å². The number of hydrogen-bond acceptors (Lipinski definition) is 2. The van der Waals surface area contributed by atoms with Crippen LogP contribution in [0.1, 0.15) is 38.8 Å². The normalized spacial score (nSPS) is 13.9. The highest BCUT2D eigenvalue weighted by molar-refractivity contribution is 5.77. The summed E-state index contributed by atoms with van der Waals surface area (Å²) in [5, 5.41) is 3.39. The summed E-state index contributed by atoms with van der Waals surface area (Å²) in [6.07, 6.45) is 1.05. The number of hydrogen-bond donors (Lipinski definition) is 1. The summed E-state index contributed by atoms with van der Waals surface area (Å²) < 4.78 is 3.40. The third-order valence-electron chi connectivity index (χ3n) is 3.86. The van der Waals surface area contributed by atoms with Gasteiger partial charge >= 0.3 is 5.69 Å².